The zero-order valence-electron chi connectivity index (χ0n) is 10.2. The van der Waals surface area contributed by atoms with Crippen molar-refractivity contribution >= 4 is 40.0 Å². The van der Waals surface area contributed by atoms with Crippen molar-refractivity contribution in [1.29, 1.82) is 0 Å². The monoisotopic (exact) mass is 328 g/mol. The minimum absolute atomic E-state index is 0.0471. The number of carboxylic acids is 1. The maximum Gasteiger partial charge on any atom is 0.336 e. The van der Waals surface area contributed by atoms with Crippen LogP contribution in [0.3, 0.4) is 0 Å². The smallest absolute Gasteiger partial charge is 0.336 e. The van der Waals surface area contributed by atoms with Crippen molar-refractivity contribution in [3.05, 3.63) is 63.6 Å². The summed E-state index contributed by atoms with van der Waals surface area (Å²) in [7, 11) is -1.46. The van der Waals surface area contributed by atoms with Crippen molar-refractivity contribution in [1.82, 2.24) is 0 Å². The molecule has 2 aromatic carbocycles. The number of hydrogen-bond donors (Lipinski definition) is 1. The average molecular weight is 329 g/mol. The van der Waals surface area contributed by atoms with Crippen LogP contribution in [0, 0.1) is 0 Å². The van der Waals surface area contributed by atoms with Gasteiger partial charge in [-0.2, -0.15) is 0 Å². The topological polar surface area (TPSA) is 54.4 Å². The highest BCUT2D eigenvalue weighted by molar-refractivity contribution is 7.84. The Balaban J connectivity index is 2.28. The molecule has 0 aromatic heterocycles. The SMILES string of the molecule is O=C(O)c1ccccc1S(=O)Cc1ccc(Cl)c(Cl)c1. The van der Waals surface area contributed by atoms with E-state index >= 15 is 0 Å². The number of benzene rings is 2. The van der Waals surface area contributed by atoms with Gasteiger partial charge in [-0.05, 0) is 29.8 Å². The molecule has 1 unspecified atom stereocenters. The van der Waals surface area contributed by atoms with Crippen LogP contribution in [0.15, 0.2) is 47.4 Å². The molecule has 2 rings (SSSR count). The molecule has 0 fully saturated rings. The van der Waals surface area contributed by atoms with Crippen molar-refractivity contribution in [2.75, 3.05) is 0 Å². The molecule has 0 heterocycles. The Hall–Kier alpha value is -1.36. The first-order valence-corrected chi connectivity index (χ1v) is 7.71. The minimum Gasteiger partial charge on any atom is -0.478 e. The fraction of sp³-hybridized carbons (Fsp3) is 0.0714. The van der Waals surface area contributed by atoms with E-state index in [-0.39, 0.29) is 11.3 Å². The van der Waals surface area contributed by atoms with E-state index in [0.717, 1.165) is 5.56 Å². The molecular weight excluding hydrogens is 319 g/mol. The first-order chi connectivity index (χ1) is 9.49. The van der Waals surface area contributed by atoms with Crippen LogP contribution < -0.4 is 0 Å². The van der Waals surface area contributed by atoms with Crippen molar-refractivity contribution in [3.8, 4) is 0 Å². The minimum atomic E-state index is -1.46. The van der Waals surface area contributed by atoms with Crippen LogP contribution in [0.4, 0.5) is 0 Å². The molecule has 2 aromatic rings. The summed E-state index contributed by atoms with van der Waals surface area (Å²) >= 11 is 11.7. The summed E-state index contributed by atoms with van der Waals surface area (Å²) in [4.78, 5) is 11.4. The Kier molecular flexibility index (Phi) is 4.81. The van der Waals surface area contributed by atoms with Crippen LogP contribution in [-0.2, 0) is 16.6 Å². The highest BCUT2D eigenvalue weighted by atomic mass is 35.5. The Labute approximate surface area is 128 Å². The van der Waals surface area contributed by atoms with E-state index in [2.05, 4.69) is 0 Å². The number of rotatable bonds is 4. The molecule has 6 heteroatoms. The molecule has 20 heavy (non-hydrogen) atoms. The molecule has 0 aliphatic heterocycles. The van der Waals surface area contributed by atoms with E-state index < -0.39 is 16.8 Å². The third kappa shape index (κ3) is 3.39. The van der Waals surface area contributed by atoms with Gasteiger partial charge in [0.25, 0.3) is 0 Å². The maximum atomic E-state index is 12.3. The zero-order chi connectivity index (χ0) is 14.7. The van der Waals surface area contributed by atoms with E-state index in [9.17, 15) is 9.00 Å². The molecule has 0 bridgehead atoms. The molecule has 0 amide bonds. The number of carbonyl (C=O) groups is 1. The third-order valence-electron chi connectivity index (χ3n) is 2.64. The van der Waals surface area contributed by atoms with Crippen LogP contribution in [0.5, 0.6) is 0 Å². The number of hydrogen-bond acceptors (Lipinski definition) is 2. The van der Waals surface area contributed by atoms with Gasteiger partial charge < -0.3 is 5.11 Å². The van der Waals surface area contributed by atoms with Gasteiger partial charge in [-0.15, -0.1) is 0 Å². The van der Waals surface area contributed by atoms with Gasteiger partial charge in [0.2, 0.25) is 0 Å². The fourth-order valence-electron chi connectivity index (χ4n) is 1.70. The van der Waals surface area contributed by atoms with E-state index in [0.29, 0.717) is 14.9 Å². The maximum absolute atomic E-state index is 12.3. The molecule has 0 aliphatic carbocycles. The number of aromatic carboxylic acids is 1. The molecule has 0 saturated heterocycles. The summed E-state index contributed by atoms with van der Waals surface area (Å²) in [5, 5.41) is 9.89. The predicted octanol–water partition coefficient (Wildman–Crippen LogP) is 4.00. The Morgan fingerprint density at radius 2 is 1.80 bits per heavy atom. The first kappa shape index (κ1) is 15.0. The van der Waals surface area contributed by atoms with E-state index in [1.54, 1.807) is 36.4 Å². The van der Waals surface area contributed by atoms with Gasteiger partial charge in [-0.1, -0.05) is 41.4 Å². The molecule has 0 radical (unpaired) electrons. The Morgan fingerprint density at radius 3 is 2.45 bits per heavy atom. The van der Waals surface area contributed by atoms with Crippen molar-refractivity contribution < 1.29 is 14.1 Å². The van der Waals surface area contributed by atoms with Gasteiger partial charge in [0, 0.05) is 0 Å². The lowest BCUT2D eigenvalue weighted by atomic mass is 10.2. The molecule has 0 saturated carbocycles. The fourth-order valence-corrected chi connectivity index (χ4v) is 3.29. The van der Waals surface area contributed by atoms with Gasteiger partial charge in [-0.25, -0.2) is 4.79 Å². The summed E-state index contributed by atoms with van der Waals surface area (Å²) < 4.78 is 12.3. The van der Waals surface area contributed by atoms with Gasteiger partial charge in [0.15, 0.2) is 0 Å². The second-order valence-electron chi connectivity index (χ2n) is 4.04. The number of halogens is 2. The molecule has 1 atom stereocenters. The lowest BCUT2D eigenvalue weighted by Crippen LogP contribution is -2.05. The van der Waals surface area contributed by atoms with Crippen LogP contribution in [0.25, 0.3) is 0 Å². The summed E-state index contributed by atoms with van der Waals surface area (Å²) in [5.74, 6) is -0.913. The second-order valence-corrected chi connectivity index (χ2v) is 6.27. The quantitative estimate of drug-likeness (QED) is 0.922. The lowest BCUT2D eigenvalue weighted by Gasteiger charge is -2.07. The van der Waals surface area contributed by atoms with Crippen molar-refractivity contribution in [2.24, 2.45) is 0 Å². The Bertz CT molecular complexity index is 686. The highest BCUT2D eigenvalue weighted by Crippen LogP contribution is 2.24. The van der Waals surface area contributed by atoms with E-state index in [4.69, 9.17) is 28.3 Å². The van der Waals surface area contributed by atoms with Crippen molar-refractivity contribution in [2.45, 2.75) is 10.6 Å². The largest absolute Gasteiger partial charge is 0.478 e. The summed E-state index contributed by atoms with van der Waals surface area (Å²) in [5.41, 5.74) is 0.781. The lowest BCUT2D eigenvalue weighted by molar-refractivity contribution is 0.0693. The molecule has 1 N–H and O–H groups in total. The van der Waals surface area contributed by atoms with Gasteiger partial charge in [-0.3, -0.25) is 4.21 Å². The van der Waals surface area contributed by atoms with Gasteiger partial charge in [0.1, 0.15) is 0 Å². The van der Waals surface area contributed by atoms with E-state index in [1.165, 1.54) is 6.07 Å². The van der Waals surface area contributed by atoms with Crippen LogP contribution >= 0.6 is 23.2 Å². The van der Waals surface area contributed by atoms with Crippen molar-refractivity contribution in [3.63, 3.8) is 0 Å². The molecule has 0 spiro atoms. The Morgan fingerprint density at radius 1 is 1.10 bits per heavy atom. The van der Waals surface area contributed by atoms with Crippen LogP contribution in [0.2, 0.25) is 10.0 Å². The average Bonchev–Trinajstić information content (AvgIpc) is 2.43. The molecule has 0 aliphatic rings. The van der Waals surface area contributed by atoms with Crippen LogP contribution in [-0.4, -0.2) is 15.3 Å². The summed E-state index contributed by atoms with van der Waals surface area (Å²) in [6.45, 7) is 0. The van der Waals surface area contributed by atoms with Gasteiger partial charge >= 0.3 is 5.97 Å². The summed E-state index contributed by atoms with van der Waals surface area (Å²) in [6, 6.07) is 11.2. The molecular formula is C14H10Cl2O3S. The molecule has 3 nitrogen and oxygen atoms in total. The first-order valence-electron chi connectivity index (χ1n) is 5.63. The molecule has 104 valence electrons. The standard InChI is InChI=1S/C14H10Cl2O3S/c15-11-6-5-9(7-12(11)16)8-20(19)13-4-2-1-3-10(13)14(17)18/h1-7H,8H2,(H,17,18). The number of carboxylic acid groups (broad SMARTS) is 1. The third-order valence-corrected chi connectivity index (χ3v) is 4.83. The van der Waals surface area contributed by atoms with E-state index in [1.807, 2.05) is 0 Å². The van der Waals surface area contributed by atoms with Gasteiger partial charge in [0.05, 0.1) is 37.1 Å². The normalized spacial score (nSPS) is 12.1. The second kappa shape index (κ2) is 6.39. The van der Waals surface area contributed by atoms with Crippen LogP contribution in [0.1, 0.15) is 15.9 Å². The predicted molar refractivity (Wildman–Crippen MR) is 80.0 cm³/mol. The summed E-state index contributed by atoms with van der Waals surface area (Å²) in [6.07, 6.45) is 0. The highest BCUT2D eigenvalue weighted by Gasteiger charge is 2.15. The zero-order valence-corrected chi connectivity index (χ0v) is 12.5.